The fraction of sp³-hybridized carbons (Fsp3) is 0.333. The van der Waals surface area contributed by atoms with Crippen molar-refractivity contribution in [3.05, 3.63) is 53.1 Å². The van der Waals surface area contributed by atoms with E-state index in [1.54, 1.807) is 25.1 Å². The van der Waals surface area contributed by atoms with Crippen molar-refractivity contribution in [3.63, 3.8) is 0 Å². The maximum Gasteiger partial charge on any atom is 0.242 e. The van der Waals surface area contributed by atoms with Gasteiger partial charge in [-0.15, -0.1) is 0 Å². The minimum atomic E-state index is -3.97. The Hall–Kier alpha value is -1.45. The molecule has 27 heavy (non-hydrogen) atoms. The standard InChI is InChI=1S/C18H20ClNO5S2/c1-13-3-2-4-15(11-13)26(21,22)16-5-6-17(19)18(12-16)27(23,24)20-14-7-9-25-10-8-14/h2-6,11-12,14,20H,7-10H2,1H3. The molecule has 0 unspecified atom stereocenters. The summed E-state index contributed by atoms with van der Waals surface area (Å²) in [7, 11) is -7.83. The van der Waals surface area contributed by atoms with Gasteiger partial charge in [0.15, 0.2) is 0 Å². The van der Waals surface area contributed by atoms with E-state index in [0.717, 1.165) is 11.6 Å². The first kappa shape index (κ1) is 20.3. The molecule has 6 nitrogen and oxygen atoms in total. The quantitative estimate of drug-likeness (QED) is 0.789. The van der Waals surface area contributed by atoms with Gasteiger partial charge < -0.3 is 4.74 Å². The SMILES string of the molecule is Cc1cccc(S(=O)(=O)c2ccc(Cl)c(S(=O)(=O)NC3CCOCC3)c2)c1. The van der Waals surface area contributed by atoms with Crippen LogP contribution in [0.15, 0.2) is 57.2 Å². The van der Waals surface area contributed by atoms with Gasteiger partial charge in [0.1, 0.15) is 4.90 Å². The number of sulfone groups is 1. The van der Waals surface area contributed by atoms with Crippen LogP contribution in [0.3, 0.4) is 0 Å². The number of sulfonamides is 1. The van der Waals surface area contributed by atoms with E-state index < -0.39 is 19.9 Å². The molecule has 1 aliphatic heterocycles. The highest BCUT2D eigenvalue weighted by Crippen LogP contribution is 2.29. The lowest BCUT2D eigenvalue weighted by Gasteiger charge is -2.23. The topological polar surface area (TPSA) is 89.5 Å². The molecule has 1 fully saturated rings. The Morgan fingerprint density at radius 3 is 2.33 bits per heavy atom. The van der Waals surface area contributed by atoms with E-state index in [0.29, 0.717) is 26.1 Å². The first-order chi connectivity index (χ1) is 12.7. The van der Waals surface area contributed by atoms with Gasteiger partial charge >= 0.3 is 0 Å². The molecule has 146 valence electrons. The number of aryl methyl sites for hydroxylation is 1. The van der Waals surface area contributed by atoms with Gasteiger partial charge in [0.05, 0.1) is 14.8 Å². The van der Waals surface area contributed by atoms with E-state index in [-0.39, 0.29) is 25.8 Å². The largest absolute Gasteiger partial charge is 0.381 e. The van der Waals surface area contributed by atoms with Crippen molar-refractivity contribution in [1.82, 2.24) is 4.72 Å². The molecular weight excluding hydrogens is 410 g/mol. The summed E-state index contributed by atoms with van der Waals surface area (Å²) in [6, 6.07) is 9.90. The van der Waals surface area contributed by atoms with Gasteiger partial charge in [-0.05, 0) is 55.7 Å². The zero-order valence-electron chi connectivity index (χ0n) is 14.7. The van der Waals surface area contributed by atoms with Crippen molar-refractivity contribution in [2.75, 3.05) is 13.2 Å². The molecule has 2 aromatic rings. The highest BCUT2D eigenvalue weighted by Gasteiger charge is 2.27. The fourth-order valence-corrected chi connectivity index (χ4v) is 6.17. The van der Waals surface area contributed by atoms with Gasteiger partial charge in [-0.3, -0.25) is 0 Å². The molecule has 0 amide bonds. The van der Waals surface area contributed by atoms with Gasteiger partial charge in [0.25, 0.3) is 0 Å². The molecule has 0 spiro atoms. The van der Waals surface area contributed by atoms with Gasteiger partial charge in [-0.25, -0.2) is 21.6 Å². The van der Waals surface area contributed by atoms with Crippen LogP contribution in [0.4, 0.5) is 0 Å². The predicted molar refractivity (Wildman–Crippen MR) is 102 cm³/mol. The van der Waals surface area contributed by atoms with Crippen LogP contribution in [-0.2, 0) is 24.6 Å². The predicted octanol–water partition coefficient (Wildman–Crippen LogP) is 2.94. The molecule has 0 aliphatic carbocycles. The normalized spacial score (nSPS) is 16.4. The Morgan fingerprint density at radius 2 is 1.67 bits per heavy atom. The third-order valence-corrected chi connectivity index (χ3v) is 8.10. The number of ether oxygens (including phenoxy) is 1. The molecule has 1 N–H and O–H groups in total. The average Bonchev–Trinajstić information content (AvgIpc) is 2.62. The average molecular weight is 430 g/mol. The Balaban J connectivity index is 1.99. The van der Waals surface area contributed by atoms with Crippen molar-refractivity contribution in [1.29, 1.82) is 0 Å². The zero-order chi connectivity index (χ0) is 19.7. The summed E-state index contributed by atoms with van der Waals surface area (Å²) in [6.45, 7) is 2.74. The summed E-state index contributed by atoms with van der Waals surface area (Å²) >= 11 is 6.08. The van der Waals surface area contributed by atoms with E-state index in [1.807, 2.05) is 0 Å². The van der Waals surface area contributed by atoms with Crippen molar-refractivity contribution >= 4 is 31.5 Å². The fourth-order valence-electron chi connectivity index (χ4n) is 2.87. The van der Waals surface area contributed by atoms with Crippen LogP contribution in [0, 0.1) is 6.92 Å². The molecule has 9 heteroatoms. The van der Waals surface area contributed by atoms with Crippen molar-refractivity contribution in [2.24, 2.45) is 0 Å². The van der Waals surface area contributed by atoms with Crippen LogP contribution in [0.1, 0.15) is 18.4 Å². The molecular formula is C18H20ClNO5S2. The zero-order valence-corrected chi connectivity index (χ0v) is 17.1. The second kappa shape index (κ2) is 7.89. The van der Waals surface area contributed by atoms with E-state index in [2.05, 4.69) is 4.72 Å². The second-order valence-electron chi connectivity index (χ2n) is 6.42. The number of halogens is 1. The summed E-state index contributed by atoms with van der Waals surface area (Å²) in [5.74, 6) is 0. The number of rotatable bonds is 5. The number of nitrogens with one attached hydrogen (secondary N) is 1. The molecule has 2 aromatic carbocycles. The molecule has 0 radical (unpaired) electrons. The van der Waals surface area contributed by atoms with Crippen LogP contribution in [0.2, 0.25) is 5.02 Å². The van der Waals surface area contributed by atoms with Crippen LogP contribution < -0.4 is 4.72 Å². The smallest absolute Gasteiger partial charge is 0.242 e. The van der Waals surface area contributed by atoms with Crippen LogP contribution in [0.25, 0.3) is 0 Å². The third-order valence-electron chi connectivity index (χ3n) is 4.35. The Labute approximate surface area is 164 Å². The van der Waals surface area contributed by atoms with Crippen LogP contribution in [0.5, 0.6) is 0 Å². The Morgan fingerprint density at radius 1 is 1.00 bits per heavy atom. The summed E-state index contributed by atoms with van der Waals surface area (Å²) in [5, 5.41) is -0.0299. The summed E-state index contributed by atoms with van der Waals surface area (Å²) in [5.41, 5.74) is 0.791. The minimum Gasteiger partial charge on any atom is -0.381 e. The second-order valence-corrected chi connectivity index (χ2v) is 10.5. The van der Waals surface area contributed by atoms with Gasteiger partial charge in [0.2, 0.25) is 19.9 Å². The first-order valence-corrected chi connectivity index (χ1v) is 11.8. The molecule has 1 saturated heterocycles. The lowest BCUT2D eigenvalue weighted by atomic mass is 10.1. The summed E-state index contributed by atoms with van der Waals surface area (Å²) in [6.07, 6.45) is 1.11. The third kappa shape index (κ3) is 4.52. The summed E-state index contributed by atoms with van der Waals surface area (Å²) in [4.78, 5) is -0.264. The highest BCUT2D eigenvalue weighted by molar-refractivity contribution is 7.91. The summed E-state index contributed by atoms with van der Waals surface area (Å²) < 4.78 is 59.1. The number of hydrogen-bond donors (Lipinski definition) is 1. The lowest BCUT2D eigenvalue weighted by molar-refractivity contribution is 0.0832. The highest BCUT2D eigenvalue weighted by atomic mass is 35.5. The monoisotopic (exact) mass is 429 g/mol. The van der Waals surface area contributed by atoms with Crippen molar-refractivity contribution < 1.29 is 21.6 Å². The minimum absolute atomic E-state index is 0.0299. The maximum absolute atomic E-state index is 12.9. The van der Waals surface area contributed by atoms with Gasteiger partial charge in [-0.1, -0.05) is 23.7 Å². The Bertz CT molecular complexity index is 1050. The van der Waals surface area contributed by atoms with Gasteiger partial charge in [-0.2, -0.15) is 0 Å². The molecule has 0 saturated carbocycles. The van der Waals surface area contributed by atoms with Gasteiger partial charge in [0, 0.05) is 19.3 Å². The number of benzene rings is 2. The molecule has 0 aromatic heterocycles. The molecule has 0 bridgehead atoms. The molecule has 1 heterocycles. The number of hydrogen-bond acceptors (Lipinski definition) is 5. The van der Waals surface area contributed by atoms with Crippen LogP contribution >= 0.6 is 11.6 Å². The molecule has 0 atom stereocenters. The molecule has 1 aliphatic rings. The maximum atomic E-state index is 12.9. The Kier molecular flexibility index (Phi) is 5.93. The lowest BCUT2D eigenvalue weighted by Crippen LogP contribution is -2.39. The van der Waals surface area contributed by atoms with E-state index >= 15 is 0 Å². The van der Waals surface area contributed by atoms with Crippen molar-refractivity contribution in [3.8, 4) is 0 Å². The first-order valence-electron chi connectivity index (χ1n) is 8.41. The molecule has 3 rings (SSSR count). The van der Waals surface area contributed by atoms with E-state index in [4.69, 9.17) is 16.3 Å². The van der Waals surface area contributed by atoms with Crippen molar-refractivity contribution in [2.45, 2.75) is 40.5 Å². The van der Waals surface area contributed by atoms with Crippen LogP contribution in [-0.4, -0.2) is 36.1 Å². The van der Waals surface area contributed by atoms with E-state index in [1.165, 1.54) is 18.2 Å². The van der Waals surface area contributed by atoms with E-state index in [9.17, 15) is 16.8 Å².